The number of carbonyl (C=O) groups is 1. The Kier molecular flexibility index (Phi) is 4.82. The van der Waals surface area contributed by atoms with E-state index in [-0.39, 0.29) is 5.56 Å². The predicted molar refractivity (Wildman–Crippen MR) is 92.7 cm³/mol. The number of fused-ring (bicyclic) bond motifs is 1. The zero-order chi connectivity index (χ0) is 17.1. The van der Waals surface area contributed by atoms with E-state index in [1.807, 2.05) is 30.1 Å². The molecule has 0 spiro atoms. The number of nitrogens with one attached hydrogen (secondary N) is 1. The fourth-order valence-electron chi connectivity index (χ4n) is 3.00. The van der Waals surface area contributed by atoms with Crippen LogP contribution >= 0.6 is 0 Å². The zero-order valence-electron chi connectivity index (χ0n) is 14.0. The van der Waals surface area contributed by atoms with E-state index in [0.29, 0.717) is 18.1 Å². The molecule has 0 bridgehead atoms. The first-order valence-corrected chi connectivity index (χ1v) is 8.09. The smallest absolute Gasteiger partial charge is 0.339 e. The number of rotatable bonds is 5. The topological polar surface area (TPSA) is 77.9 Å². The molecule has 2 heterocycles. The second kappa shape index (κ2) is 7.02. The van der Waals surface area contributed by atoms with Gasteiger partial charge in [-0.3, -0.25) is 5.01 Å². The van der Waals surface area contributed by atoms with Gasteiger partial charge in [-0.15, -0.1) is 0 Å². The quantitative estimate of drug-likeness (QED) is 0.862. The van der Waals surface area contributed by atoms with Gasteiger partial charge in [-0.1, -0.05) is 0 Å². The van der Waals surface area contributed by atoms with Crippen molar-refractivity contribution in [3.05, 3.63) is 29.8 Å². The molecule has 7 nitrogen and oxygen atoms in total. The highest BCUT2D eigenvalue weighted by atomic mass is 16.5. The molecule has 1 aliphatic heterocycles. The number of aromatic nitrogens is 1. The van der Waals surface area contributed by atoms with Crippen molar-refractivity contribution in [2.45, 2.75) is 6.92 Å². The molecule has 1 aliphatic rings. The first kappa shape index (κ1) is 16.5. The van der Waals surface area contributed by atoms with Gasteiger partial charge in [-0.05, 0) is 25.1 Å². The first-order chi connectivity index (χ1) is 11.6. The van der Waals surface area contributed by atoms with Gasteiger partial charge in [0.2, 0.25) is 0 Å². The summed E-state index contributed by atoms with van der Waals surface area (Å²) in [4.78, 5) is 16.4. The minimum atomic E-state index is -0.969. The number of hydrazine groups is 1. The molecule has 1 fully saturated rings. The number of piperazine rings is 1. The van der Waals surface area contributed by atoms with Crippen LogP contribution in [0.2, 0.25) is 0 Å². The lowest BCUT2D eigenvalue weighted by atomic mass is 10.1. The van der Waals surface area contributed by atoms with Crippen molar-refractivity contribution >= 4 is 22.7 Å². The van der Waals surface area contributed by atoms with Crippen LogP contribution in [0.15, 0.2) is 24.3 Å². The van der Waals surface area contributed by atoms with Gasteiger partial charge < -0.3 is 15.2 Å². The van der Waals surface area contributed by atoms with Gasteiger partial charge in [0.1, 0.15) is 11.3 Å². The summed E-state index contributed by atoms with van der Waals surface area (Å²) >= 11 is 0. The maximum Gasteiger partial charge on any atom is 0.339 e. The van der Waals surface area contributed by atoms with Gasteiger partial charge >= 0.3 is 5.97 Å². The van der Waals surface area contributed by atoms with Crippen LogP contribution in [-0.2, 0) is 0 Å². The molecule has 0 aliphatic carbocycles. The normalized spacial score (nSPS) is 15.4. The molecule has 0 saturated carbocycles. The SMILES string of the molecule is CCN(c1nc2cc(OC)ccc2cc1C(=O)O)N1CCNCC1. The summed E-state index contributed by atoms with van der Waals surface area (Å²) in [5.74, 6) is 0.214. The number of carboxylic acids is 1. The third-order valence-electron chi connectivity index (χ3n) is 4.21. The van der Waals surface area contributed by atoms with E-state index in [4.69, 9.17) is 4.74 Å². The Morgan fingerprint density at radius 3 is 2.75 bits per heavy atom. The minimum Gasteiger partial charge on any atom is -0.497 e. The Bertz CT molecular complexity index is 744. The van der Waals surface area contributed by atoms with Crippen molar-refractivity contribution in [3.63, 3.8) is 0 Å². The number of pyridine rings is 1. The number of nitrogens with zero attached hydrogens (tertiary/aromatic N) is 3. The maximum atomic E-state index is 11.8. The Morgan fingerprint density at radius 1 is 1.38 bits per heavy atom. The highest BCUT2D eigenvalue weighted by molar-refractivity contribution is 5.98. The second-order valence-electron chi connectivity index (χ2n) is 5.64. The number of anilines is 1. The van der Waals surface area contributed by atoms with E-state index < -0.39 is 5.97 Å². The highest BCUT2D eigenvalue weighted by Crippen LogP contribution is 2.27. The fraction of sp³-hybridized carbons (Fsp3) is 0.412. The van der Waals surface area contributed by atoms with Crippen LogP contribution < -0.4 is 15.1 Å². The van der Waals surface area contributed by atoms with Crippen LogP contribution in [0, 0.1) is 0 Å². The molecule has 128 valence electrons. The average Bonchev–Trinajstić information content (AvgIpc) is 2.62. The summed E-state index contributed by atoms with van der Waals surface area (Å²) in [5, 5.41) is 17.8. The van der Waals surface area contributed by atoms with Crippen LogP contribution in [0.5, 0.6) is 5.75 Å². The van der Waals surface area contributed by atoms with E-state index in [0.717, 1.165) is 37.1 Å². The fourth-order valence-corrected chi connectivity index (χ4v) is 3.00. The van der Waals surface area contributed by atoms with Gasteiger partial charge in [0.25, 0.3) is 0 Å². The first-order valence-electron chi connectivity index (χ1n) is 8.09. The van der Waals surface area contributed by atoms with Crippen molar-refractivity contribution in [2.75, 3.05) is 44.8 Å². The van der Waals surface area contributed by atoms with E-state index >= 15 is 0 Å². The Morgan fingerprint density at radius 2 is 2.12 bits per heavy atom. The van der Waals surface area contributed by atoms with Crippen LogP contribution in [0.25, 0.3) is 10.9 Å². The van der Waals surface area contributed by atoms with Crippen LogP contribution in [0.1, 0.15) is 17.3 Å². The standard InChI is InChI=1S/C17H22N4O3/c1-3-21(20-8-6-18-7-9-20)16-14(17(22)23)10-12-4-5-13(24-2)11-15(12)19-16/h4-5,10-11,18H,3,6-9H2,1-2H3,(H,22,23). The molecule has 1 aromatic carbocycles. The van der Waals surface area contributed by atoms with Gasteiger partial charge in [0.05, 0.1) is 12.6 Å². The van der Waals surface area contributed by atoms with Crippen LogP contribution in [0.3, 0.4) is 0 Å². The van der Waals surface area contributed by atoms with E-state index in [1.54, 1.807) is 13.2 Å². The summed E-state index contributed by atoms with van der Waals surface area (Å²) < 4.78 is 5.25. The molecule has 1 saturated heterocycles. The number of hydrogen-bond donors (Lipinski definition) is 2. The van der Waals surface area contributed by atoms with Crippen LogP contribution in [-0.4, -0.2) is 60.9 Å². The summed E-state index contributed by atoms with van der Waals surface area (Å²) in [5.41, 5.74) is 0.941. The second-order valence-corrected chi connectivity index (χ2v) is 5.64. The number of aromatic carboxylic acids is 1. The van der Waals surface area contributed by atoms with Gasteiger partial charge in [-0.25, -0.2) is 14.8 Å². The number of methoxy groups -OCH3 is 1. The molecule has 0 unspecified atom stereocenters. The molecule has 0 amide bonds. The van der Waals surface area contributed by atoms with Crippen molar-refractivity contribution in [1.29, 1.82) is 0 Å². The largest absolute Gasteiger partial charge is 0.497 e. The molecular formula is C17H22N4O3. The molecule has 1 aromatic heterocycles. The number of ether oxygens (including phenoxy) is 1. The summed E-state index contributed by atoms with van der Waals surface area (Å²) in [6.45, 7) is 6.06. The van der Waals surface area contributed by atoms with Gasteiger partial charge in [0, 0.05) is 44.2 Å². The molecular weight excluding hydrogens is 308 g/mol. The van der Waals surface area contributed by atoms with E-state index in [1.165, 1.54) is 0 Å². The van der Waals surface area contributed by atoms with E-state index in [9.17, 15) is 9.90 Å². The Balaban J connectivity index is 2.11. The monoisotopic (exact) mass is 330 g/mol. The van der Waals surface area contributed by atoms with Crippen molar-refractivity contribution < 1.29 is 14.6 Å². The van der Waals surface area contributed by atoms with Crippen molar-refractivity contribution in [1.82, 2.24) is 15.3 Å². The van der Waals surface area contributed by atoms with Crippen molar-refractivity contribution in [2.24, 2.45) is 0 Å². The number of carboxylic acid groups (broad SMARTS) is 1. The third kappa shape index (κ3) is 3.13. The third-order valence-corrected chi connectivity index (χ3v) is 4.21. The lowest BCUT2D eigenvalue weighted by molar-refractivity contribution is 0.0696. The minimum absolute atomic E-state index is 0.216. The number of benzene rings is 1. The molecule has 2 N–H and O–H groups in total. The van der Waals surface area contributed by atoms with Gasteiger partial charge in [0.15, 0.2) is 5.82 Å². The molecule has 0 radical (unpaired) electrons. The lowest BCUT2D eigenvalue weighted by Gasteiger charge is -2.38. The molecule has 0 atom stereocenters. The summed E-state index contributed by atoms with van der Waals surface area (Å²) in [7, 11) is 1.60. The Hall–Kier alpha value is -2.38. The van der Waals surface area contributed by atoms with Crippen LogP contribution in [0.4, 0.5) is 5.82 Å². The molecule has 24 heavy (non-hydrogen) atoms. The lowest BCUT2D eigenvalue weighted by Crippen LogP contribution is -2.53. The molecule has 2 aromatic rings. The van der Waals surface area contributed by atoms with Gasteiger partial charge in [-0.2, -0.15) is 0 Å². The predicted octanol–water partition coefficient (Wildman–Crippen LogP) is 1.59. The summed E-state index contributed by atoms with van der Waals surface area (Å²) in [6.07, 6.45) is 0. The maximum absolute atomic E-state index is 11.8. The zero-order valence-corrected chi connectivity index (χ0v) is 14.0. The molecule has 3 rings (SSSR count). The molecule has 7 heteroatoms. The number of hydrogen-bond acceptors (Lipinski definition) is 6. The van der Waals surface area contributed by atoms with Crippen molar-refractivity contribution in [3.8, 4) is 5.75 Å². The highest BCUT2D eigenvalue weighted by Gasteiger charge is 2.24. The average molecular weight is 330 g/mol. The Labute approximate surface area is 140 Å². The summed E-state index contributed by atoms with van der Waals surface area (Å²) in [6, 6.07) is 7.15. The van der Waals surface area contributed by atoms with E-state index in [2.05, 4.69) is 15.3 Å².